The molecule has 3 rings (SSSR count). The SMILES string of the molecule is Cc1cccc(N(CC(=O)N(C)Cc2nc(-c3ccccc3Cl)no2)S(C)(=O)=O)c1. The summed E-state index contributed by atoms with van der Waals surface area (Å²) in [5.74, 6) is 0.107. The van der Waals surface area contributed by atoms with Crippen molar-refractivity contribution in [1.29, 1.82) is 0 Å². The Morgan fingerprint density at radius 3 is 2.57 bits per heavy atom. The van der Waals surface area contributed by atoms with E-state index in [4.69, 9.17) is 16.1 Å². The minimum atomic E-state index is -3.65. The Balaban J connectivity index is 1.73. The number of nitrogens with zero attached hydrogens (tertiary/aromatic N) is 4. The molecule has 0 bridgehead atoms. The van der Waals surface area contributed by atoms with Crippen LogP contribution in [0.15, 0.2) is 53.1 Å². The lowest BCUT2D eigenvalue weighted by molar-refractivity contribution is -0.129. The van der Waals surface area contributed by atoms with E-state index in [0.717, 1.165) is 16.1 Å². The van der Waals surface area contributed by atoms with Crippen LogP contribution >= 0.6 is 11.6 Å². The molecule has 10 heteroatoms. The molecule has 0 aliphatic carbocycles. The topological polar surface area (TPSA) is 96.6 Å². The van der Waals surface area contributed by atoms with Gasteiger partial charge in [-0.15, -0.1) is 0 Å². The van der Waals surface area contributed by atoms with Crippen molar-refractivity contribution >= 4 is 33.2 Å². The fourth-order valence-electron chi connectivity index (χ4n) is 2.79. The Morgan fingerprint density at radius 1 is 1.17 bits per heavy atom. The van der Waals surface area contributed by atoms with Crippen LogP contribution in [0.5, 0.6) is 0 Å². The molecule has 30 heavy (non-hydrogen) atoms. The summed E-state index contributed by atoms with van der Waals surface area (Å²) >= 11 is 6.14. The molecule has 3 aromatic rings. The van der Waals surface area contributed by atoms with Crippen molar-refractivity contribution in [3.63, 3.8) is 0 Å². The number of anilines is 1. The van der Waals surface area contributed by atoms with Crippen molar-refractivity contribution in [2.75, 3.05) is 24.2 Å². The summed E-state index contributed by atoms with van der Waals surface area (Å²) < 4.78 is 30.8. The number of carbonyl (C=O) groups is 1. The van der Waals surface area contributed by atoms with E-state index >= 15 is 0 Å². The van der Waals surface area contributed by atoms with Gasteiger partial charge in [0.15, 0.2) is 0 Å². The summed E-state index contributed by atoms with van der Waals surface area (Å²) in [5.41, 5.74) is 1.93. The van der Waals surface area contributed by atoms with Gasteiger partial charge in [0.1, 0.15) is 6.54 Å². The molecule has 0 atom stereocenters. The first-order chi connectivity index (χ1) is 14.1. The third-order valence-electron chi connectivity index (χ3n) is 4.35. The molecule has 2 aromatic carbocycles. The second-order valence-electron chi connectivity index (χ2n) is 6.85. The Morgan fingerprint density at radius 2 is 1.90 bits per heavy atom. The minimum Gasteiger partial charge on any atom is -0.337 e. The maximum Gasteiger partial charge on any atom is 0.246 e. The number of benzene rings is 2. The van der Waals surface area contributed by atoms with Crippen LogP contribution in [-0.4, -0.2) is 49.2 Å². The molecule has 0 radical (unpaired) electrons. The number of aromatic nitrogens is 2. The molecule has 0 aliphatic heterocycles. The van der Waals surface area contributed by atoms with Gasteiger partial charge >= 0.3 is 0 Å². The van der Waals surface area contributed by atoms with Crippen LogP contribution in [-0.2, 0) is 21.4 Å². The predicted molar refractivity (Wildman–Crippen MR) is 115 cm³/mol. The number of aryl methyl sites for hydroxylation is 1. The Kier molecular flexibility index (Phi) is 6.42. The number of sulfonamides is 1. The summed E-state index contributed by atoms with van der Waals surface area (Å²) in [6.07, 6.45) is 1.07. The zero-order valence-electron chi connectivity index (χ0n) is 16.7. The van der Waals surface area contributed by atoms with Gasteiger partial charge < -0.3 is 9.42 Å². The lowest BCUT2D eigenvalue weighted by atomic mass is 10.2. The van der Waals surface area contributed by atoms with Gasteiger partial charge in [0.25, 0.3) is 0 Å². The van der Waals surface area contributed by atoms with E-state index in [0.29, 0.717) is 22.1 Å². The van der Waals surface area contributed by atoms with Gasteiger partial charge in [-0.1, -0.05) is 41.0 Å². The number of amides is 1. The van der Waals surface area contributed by atoms with Crippen LogP contribution in [0.4, 0.5) is 5.69 Å². The second-order valence-corrected chi connectivity index (χ2v) is 9.16. The molecule has 8 nitrogen and oxygen atoms in total. The van der Waals surface area contributed by atoms with Crippen molar-refractivity contribution < 1.29 is 17.7 Å². The van der Waals surface area contributed by atoms with Crippen LogP contribution in [0.25, 0.3) is 11.4 Å². The number of carbonyl (C=O) groups excluding carboxylic acids is 1. The first kappa shape index (κ1) is 21.8. The molecule has 1 heterocycles. The van der Waals surface area contributed by atoms with Crippen molar-refractivity contribution in [3.8, 4) is 11.4 Å². The third-order valence-corrected chi connectivity index (χ3v) is 5.82. The van der Waals surface area contributed by atoms with Crippen molar-refractivity contribution in [2.45, 2.75) is 13.5 Å². The highest BCUT2D eigenvalue weighted by Crippen LogP contribution is 2.25. The number of hydrogen-bond donors (Lipinski definition) is 0. The van der Waals surface area contributed by atoms with Gasteiger partial charge in [0, 0.05) is 12.6 Å². The van der Waals surface area contributed by atoms with Gasteiger partial charge in [0.2, 0.25) is 27.6 Å². The quantitative estimate of drug-likeness (QED) is 0.551. The highest BCUT2D eigenvalue weighted by Gasteiger charge is 2.24. The molecule has 0 saturated heterocycles. The molecule has 0 saturated carbocycles. The predicted octanol–water partition coefficient (Wildman–Crippen LogP) is 3.12. The largest absolute Gasteiger partial charge is 0.337 e. The van der Waals surface area contributed by atoms with E-state index in [1.807, 2.05) is 13.0 Å². The van der Waals surface area contributed by atoms with E-state index in [1.54, 1.807) is 49.5 Å². The van der Waals surface area contributed by atoms with Gasteiger partial charge in [-0.3, -0.25) is 9.10 Å². The standard InChI is InChI=1S/C20H21ClN4O4S/c1-14-7-6-8-15(11-14)25(30(3,27)28)13-19(26)24(2)12-18-22-20(23-29-18)16-9-4-5-10-17(16)21/h4-11H,12-13H2,1-3H3. The normalized spacial score (nSPS) is 11.3. The Hall–Kier alpha value is -2.91. The first-order valence-electron chi connectivity index (χ1n) is 9.01. The smallest absolute Gasteiger partial charge is 0.246 e. The van der Waals surface area contributed by atoms with E-state index < -0.39 is 15.9 Å². The van der Waals surface area contributed by atoms with E-state index in [-0.39, 0.29) is 19.0 Å². The maximum absolute atomic E-state index is 12.7. The summed E-state index contributed by atoms with van der Waals surface area (Å²) in [4.78, 5) is 18.3. The first-order valence-corrected chi connectivity index (χ1v) is 11.2. The van der Waals surface area contributed by atoms with Gasteiger partial charge in [0.05, 0.1) is 23.5 Å². The number of likely N-dealkylation sites (N-methyl/N-ethyl adjacent to an activating group) is 1. The lowest BCUT2D eigenvalue weighted by Crippen LogP contribution is -2.41. The van der Waals surface area contributed by atoms with Crippen LogP contribution in [0.1, 0.15) is 11.5 Å². The van der Waals surface area contributed by atoms with Crippen molar-refractivity contribution in [2.24, 2.45) is 0 Å². The number of hydrogen-bond acceptors (Lipinski definition) is 6. The highest BCUT2D eigenvalue weighted by molar-refractivity contribution is 7.92. The maximum atomic E-state index is 12.7. The summed E-state index contributed by atoms with van der Waals surface area (Å²) in [7, 11) is -2.11. The molecule has 0 aliphatic rings. The van der Waals surface area contributed by atoms with E-state index in [1.165, 1.54) is 4.90 Å². The molecule has 0 N–H and O–H groups in total. The zero-order chi connectivity index (χ0) is 21.9. The summed E-state index contributed by atoms with van der Waals surface area (Å²) in [6.45, 7) is 1.54. The fourth-order valence-corrected chi connectivity index (χ4v) is 3.85. The molecule has 0 fully saturated rings. The Bertz CT molecular complexity index is 1160. The van der Waals surface area contributed by atoms with Gasteiger partial charge in [-0.25, -0.2) is 8.42 Å². The van der Waals surface area contributed by atoms with Crippen LogP contribution in [0.3, 0.4) is 0 Å². The monoisotopic (exact) mass is 448 g/mol. The van der Waals surface area contributed by atoms with E-state index in [2.05, 4.69) is 10.1 Å². The number of rotatable bonds is 7. The summed E-state index contributed by atoms with van der Waals surface area (Å²) in [5, 5.41) is 4.38. The third kappa shape index (κ3) is 5.17. The summed E-state index contributed by atoms with van der Waals surface area (Å²) in [6, 6.07) is 14.0. The highest BCUT2D eigenvalue weighted by atomic mass is 35.5. The minimum absolute atomic E-state index is 0.0295. The average Bonchev–Trinajstić information content (AvgIpc) is 3.13. The van der Waals surface area contributed by atoms with Gasteiger partial charge in [-0.05, 0) is 36.8 Å². The molecular formula is C20H21ClN4O4S. The molecule has 0 spiro atoms. The van der Waals surface area contributed by atoms with Crippen molar-refractivity contribution in [1.82, 2.24) is 15.0 Å². The van der Waals surface area contributed by atoms with Crippen LogP contribution < -0.4 is 4.31 Å². The molecule has 0 unspecified atom stereocenters. The zero-order valence-corrected chi connectivity index (χ0v) is 18.3. The lowest BCUT2D eigenvalue weighted by Gasteiger charge is -2.24. The van der Waals surface area contributed by atoms with E-state index in [9.17, 15) is 13.2 Å². The van der Waals surface area contributed by atoms with Crippen LogP contribution in [0.2, 0.25) is 5.02 Å². The molecule has 1 aromatic heterocycles. The van der Waals surface area contributed by atoms with Crippen molar-refractivity contribution in [3.05, 3.63) is 65.0 Å². The second kappa shape index (κ2) is 8.85. The Labute approximate surface area is 180 Å². The number of halogens is 1. The molecule has 1 amide bonds. The average molecular weight is 449 g/mol. The fraction of sp³-hybridized carbons (Fsp3) is 0.250. The molecular weight excluding hydrogens is 428 g/mol. The van der Waals surface area contributed by atoms with Gasteiger partial charge in [-0.2, -0.15) is 4.98 Å². The molecule has 158 valence electrons. The van der Waals surface area contributed by atoms with Crippen LogP contribution in [0, 0.1) is 6.92 Å².